The molecule has 80 valence electrons. The van der Waals surface area contributed by atoms with Crippen LogP contribution in [0.3, 0.4) is 0 Å². The molecule has 1 aromatic heterocycles. The van der Waals surface area contributed by atoms with Gasteiger partial charge in [-0.25, -0.2) is 4.98 Å². The first-order valence-electron chi connectivity index (χ1n) is 3.80. The first-order chi connectivity index (χ1) is 6.45. The summed E-state index contributed by atoms with van der Waals surface area (Å²) in [4.78, 5) is 3.41. The highest BCUT2D eigenvalue weighted by Gasteiger charge is 2.35. The van der Waals surface area contributed by atoms with Gasteiger partial charge in [-0.1, -0.05) is 0 Å². The van der Waals surface area contributed by atoms with Crippen LogP contribution in [0.1, 0.15) is 16.0 Å². The lowest BCUT2D eigenvalue weighted by Crippen LogP contribution is -2.15. The molecule has 3 nitrogen and oxygen atoms in total. The number of rotatable bonds is 3. The molecule has 0 aliphatic heterocycles. The molecular formula is C7H9F3N2OS. The van der Waals surface area contributed by atoms with Crippen LogP contribution in [0.4, 0.5) is 13.2 Å². The Balaban J connectivity index is 2.78. The van der Waals surface area contributed by atoms with E-state index in [0.717, 1.165) is 6.20 Å². The molecule has 1 aromatic rings. The fraction of sp³-hybridized carbons (Fsp3) is 0.571. The number of nitrogens with zero attached hydrogens (tertiary/aromatic N) is 1. The van der Waals surface area contributed by atoms with Crippen LogP contribution in [0.15, 0.2) is 6.20 Å². The van der Waals surface area contributed by atoms with Crippen LogP contribution in [-0.2, 0) is 6.18 Å². The standard InChI is InChI=1S/C7H9F3N2OS/c1-11-2-4(13)5-3-12-6(14-5)7(8,9)10/h3-4,11,13H,2H2,1H3. The molecule has 0 spiro atoms. The Bertz CT molecular complexity index is 299. The molecule has 1 atom stereocenters. The molecule has 1 heterocycles. The minimum atomic E-state index is -4.43. The van der Waals surface area contributed by atoms with Gasteiger partial charge in [-0.2, -0.15) is 13.2 Å². The van der Waals surface area contributed by atoms with Crippen molar-refractivity contribution in [1.29, 1.82) is 0 Å². The minimum Gasteiger partial charge on any atom is -0.386 e. The summed E-state index contributed by atoms with van der Waals surface area (Å²) in [6.07, 6.45) is -4.31. The van der Waals surface area contributed by atoms with Crippen molar-refractivity contribution >= 4 is 11.3 Å². The summed E-state index contributed by atoms with van der Waals surface area (Å²) in [5.41, 5.74) is 0. The van der Waals surface area contributed by atoms with Crippen LogP contribution in [-0.4, -0.2) is 23.7 Å². The fourth-order valence-electron chi connectivity index (χ4n) is 0.866. The third-order valence-corrected chi connectivity index (χ3v) is 2.64. The lowest BCUT2D eigenvalue weighted by Gasteiger charge is -2.05. The third-order valence-electron chi connectivity index (χ3n) is 1.49. The largest absolute Gasteiger partial charge is 0.443 e. The van der Waals surface area contributed by atoms with Crippen molar-refractivity contribution in [2.75, 3.05) is 13.6 Å². The van der Waals surface area contributed by atoms with E-state index in [4.69, 9.17) is 0 Å². The highest BCUT2D eigenvalue weighted by Crippen LogP contribution is 2.34. The number of thiazole rings is 1. The zero-order chi connectivity index (χ0) is 10.8. The molecule has 0 aliphatic rings. The van der Waals surface area contributed by atoms with Crippen molar-refractivity contribution < 1.29 is 18.3 Å². The Kier molecular flexibility index (Phi) is 3.46. The number of halogens is 3. The summed E-state index contributed by atoms with van der Waals surface area (Å²) >= 11 is 0.462. The second-order valence-electron chi connectivity index (χ2n) is 2.64. The van der Waals surface area contributed by atoms with Gasteiger partial charge in [-0.15, -0.1) is 11.3 Å². The van der Waals surface area contributed by atoms with Gasteiger partial charge >= 0.3 is 6.18 Å². The average molecular weight is 226 g/mol. The topological polar surface area (TPSA) is 45.1 Å². The summed E-state index contributed by atoms with van der Waals surface area (Å²) in [7, 11) is 1.61. The van der Waals surface area contributed by atoms with E-state index in [1.807, 2.05) is 0 Å². The van der Waals surface area contributed by atoms with Crippen LogP contribution < -0.4 is 5.32 Å². The second-order valence-corrected chi connectivity index (χ2v) is 3.70. The zero-order valence-corrected chi connectivity index (χ0v) is 8.11. The number of likely N-dealkylation sites (N-methyl/N-ethyl adjacent to an activating group) is 1. The van der Waals surface area contributed by atoms with Gasteiger partial charge in [0.15, 0.2) is 5.01 Å². The highest BCUT2D eigenvalue weighted by molar-refractivity contribution is 7.11. The van der Waals surface area contributed by atoms with Gasteiger partial charge in [0.25, 0.3) is 0 Å². The molecule has 0 radical (unpaired) electrons. The van der Waals surface area contributed by atoms with Crippen LogP contribution >= 0.6 is 11.3 Å². The summed E-state index contributed by atoms with van der Waals surface area (Å²) < 4.78 is 36.3. The Morgan fingerprint density at radius 2 is 2.29 bits per heavy atom. The van der Waals surface area contributed by atoms with Gasteiger partial charge in [-0.3, -0.25) is 0 Å². The first-order valence-corrected chi connectivity index (χ1v) is 4.62. The van der Waals surface area contributed by atoms with E-state index in [1.54, 1.807) is 7.05 Å². The molecule has 0 amide bonds. The molecule has 0 bridgehead atoms. The van der Waals surface area contributed by atoms with E-state index >= 15 is 0 Å². The maximum atomic E-state index is 12.1. The molecule has 1 unspecified atom stereocenters. The number of alkyl halides is 3. The van der Waals surface area contributed by atoms with Gasteiger partial charge in [0.2, 0.25) is 0 Å². The van der Waals surface area contributed by atoms with Crippen molar-refractivity contribution in [3.63, 3.8) is 0 Å². The van der Waals surface area contributed by atoms with Crippen molar-refractivity contribution in [1.82, 2.24) is 10.3 Å². The summed E-state index contributed by atoms with van der Waals surface area (Å²) in [5.74, 6) is 0. The quantitative estimate of drug-likeness (QED) is 0.819. The molecule has 0 saturated heterocycles. The van der Waals surface area contributed by atoms with E-state index in [1.165, 1.54) is 0 Å². The summed E-state index contributed by atoms with van der Waals surface area (Å²) in [6, 6.07) is 0. The lowest BCUT2D eigenvalue weighted by atomic mass is 10.3. The molecule has 2 N–H and O–H groups in total. The van der Waals surface area contributed by atoms with Gasteiger partial charge in [-0.05, 0) is 7.05 Å². The highest BCUT2D eigenvalue weighted by atomic mass is 32.1. The Hall–Kier alpha value is -0.660. The van der Waals surface area contributed by atoms with Crippen molar-refractivity contribution in [2.24, 2.45) is 0 Å². The van der Waals surface area contributed by atoms with Gasteiger partial charge in [0.1, 0.15) is 6.10 Å². The van der Waals surface area contributed by atoms with Gasteiger partial charge in [0, 0.05) is 12.7 Å². The predicted molar refractivity (Wildman–Crippen MR) is 46.0 cm³/mol. The predicted octanol–water partition coefficient (Wildman–Crippen LogP) is 1.41. The van der Waals surface area contributed by atoms with Crippen molar-refractivity contribution in [3.05, 3.63) is 16.1 Å². The number of aliphatic hydroxyl groups excluding tert-OH is 1. The van der Waals surface area contributed by atoms with Crippen LogP contribution in [0.5, 0.6) is 0 Å². The number of hydrogen-bond donors (Lipinski definition) is 2. The Morgan fingerprint density at radius 3 is 2.71 bits per heavy atom. The Morgan fingerprint density at radius 1 is 1.64 bits per heavy atom. The molecule has 7 heteroatoms. The lowest BCUT2D eigenvalue weighted by molar-refractivity contribution is -0.137. The summed E-state index contributed by atoms with van der Waals surface area (Å²) in [5, 5.41) is 11.1. The molecule has 14 heavy (non-hydrogen) atoms. The maximum Gasteiger partial charge on any atom is 0.443 e. The molecule has 1 rings (SSSR count). The van der Waals surface area contributed by atoms with Gasteiger partial charge in [0.05, 0.1) is 4.88 Å². The van der Waals surface area contributed by atoms with E-state index in [-0.39, 0.29) is 11.4 Å². The molecule has 0 aliphatic carbocycles. The van der Waals surface area contributed by atoms with Crippen LogP contribution in [0.2, 0.25) is 0 Å². The van der Waals surface area contributed by atoms with Crippen molar-refractivity contribution in [3.8, 4) is 0 Å². The average Bonchev–Trinajstić information content (AvgIpc) is 2.51. The maximum absolute atomic E-state index is 12.1. The Labute approximate surface area is 82.6 Å². The number of aromatic nitrogens is 1. The van der Waals surface area contributed by atoms with Gasteiger partial charge < -0.3 is 10.4 Å². The molecule has 0 aromatic carbocycles. The van der Waals surface area contributed by atoms with E-state index < -0.39 is 17.3 Å². The van der Waals surface area contributed by atoms with Crippen molar-refractivity contribution in [2.45, 2.75) is 12.3 Å². The number of aliphatic hydroxyl groups is 1. The molecule has 0 saturated carbocycles. The summed E-state index contributed by atoms with van der Waals surface area (Å²) in [6.45, 7) is 0.208. The first kappa shape index (κ1) is 11.4. The second kappa shape index (κ2) is 4.24. The third kappa shape index (κ3) is 2.66. The minimum absolute atomic E-state index is 0.208. The molecule has 0 fully saturated rings. The van der Waals surface area contributed by atoms with Crippen LogP contribution in [0.25, 0.3) is 0 Å². The van der Waals surface area contributed by atoms with E-state index in [2.05, 4.69) is 10.3 Å². The SMILES string of the molecule is CNCC(O)c1cnc(C(F)(F)F)s1. The number of hydrogen-bond acceptors (Lipinski definition) is 4. The number of nitrogens with one attached hydrogen (secondary N) is 1. The smallest absolute Gasteiger partial charge is 0.386 e. The normalized spacial score (nSPS) is 14.4. The zero-order valence-electron chi connectivity index (χ0n) is 7.30. The van der Waals surface area contributed by atoms with E-state index in [9.17, 15) is 18.3 Å². The molecular weight excluding hydrogens is 217 g/mol. The fourth-order valence-corrected chi connectivity index (χ4v) is 1.63. The monoisotopic (exact) mass is 226 g/mol. The van der Waals surface area contributed by atoms with Crippen LogP contribution in [0, 0.1) is 0 Å². The van der Waals surface area contributed by atoms with E-state index in [0.29, 0.717) is 11.3 Å².